The minimum atomic E-state index is -0.0747. The molecule has 0 N–H and O–H groups in total. The largest absolute Gasteiger partial charge is 0.493 e. The zero-order chi connectivity index (χ0) is 18.1. The molecular formula is C20H29NO4. The molecule has 0 amide bonds. The van der Waals surface area contributed by atoms with Crippen LogP contribution >= 0.6 is 0 Å². The van der Waals surface area contributed by atoms with Crippen LogP contribution in [0, 0.1) is 5.92 Å². The molecule has 5 nitrogen and oxygen atoms in total. The van der Waals surface area contributed by atoms with Gasteiger partial charge in [0.2, 0.25) is 0 Å². The minimum Gasteiger partial charge on any atom is -0.493 e. The smallest absolute Gasteiger partial charge is 0.310 e. The van der Waals surface area contributed by atoms with Crippen LogP contribution in [-0.2, 0) is 9.53 Å². The van der Waals surface area contributed by atoms with E-state index in [4.69, 9.17) is 14.2 Å². The standard InChI is InChI=1S/C20H29NO4/c1-4-7-16-9-10-18(19(14-16)23-3)25-13-12-21-11-6-8-17(15-21)20(22)24-5-2/h4,7,9-10,14,17H,5-6,8,11-13,15H2,1-3H3/b7-4-/t17-/m0/s1. The van der Waals surface area contributed by atoms with E-state index in [0.29, 0.717) is 13.2 Å². The highest BCUT2D eigenvalue weighted by Crippen LogP contribution is 2.28. The fourth-order valence-electron chi connectivity index (χ4n) is 3.10. The lowest BCUT2D eigenvalue weighted by Crippen LogP contribution is -2.41. The van der Waals surface area contributed by atoms with E-state index in [-0.39, 0.29) is 11.9 Å². The van der Waals surface area contributed by atoms with Crippen molar-refractivity contribution in [3.05, 3.63) is 29.8 Å². The molecule has 1 heterocycles. The van der Waals surface area contributed by atoms with Crippen LogP contribution in [0.2, 0.25) is 0 Å². The first-order valence-electron chi connectivity index (χ1n) is 9.00. The number of hydrogen-bond acceptors (Lipinski definition) is 5. The maximum Gasteiger partial charge on any atom is 0.310 e. The maximum absolute atomic E-state index is 11.9. The summed E-state index contributed by atoms with van der Waals surface area (Å²) in [5.41, 5.74) is 1.08. The van der Waals surface area contributed by atoms with E-state index < -0.39 is 0 Å². The topological polar surface area (TPSA) is 48.0 Å². The van der Waals surface area contributed by atoms with Crippen molar-refractivity contribution in [1.82, 2.24) is 4.90 Å². The summed E-state index contributed by atoms with van der Waals surface area (Å²) < 4.78 is 16.5. The van der Waals surface area contributed by atoms with Crippen molar-refractivity contribution in [2.24, 2.45) is 5.92 Å². The summed E-state index contributed by atoms with van der Waals surface area (Å²) in [4.78, 5) is 14.2. The molecule has 5 heteroatoms. The van der Waals surface area contributed by atoms with Gasteiger partial charge in [0, 0.05) is 13.1 Å². The highest BCUT2D eigenvalue weighted by atomic mass is 16.5. The van der Waals surface area contributed by atoms with Gasteiger partial charge < -0.3 is 14.2 Å². The molecular weight excluding hydrogens is 318 g/mol. The number of carbonyl (C=O) groups excluding carboxylic acids is 1. The molecule has 0 bridgehead atoms. The average molecular weight is 347 g/mol. The van der Waals surface area contributed by atoms with Crippen molar-refractivity contribution < 1.29 is 19.0 Å². The Hall–Kier alpha value is -2.01. The highest BCUT2D eigenvalue weighted by Gasteiger charge is 2.26. The van der Waals surface area contributed by atoms with Crippen LogP contribution in [0.4, 0.5) is 0 Å². The number of ether oxygens (including phenoxy) is 3. The van der Waals surface area contributed by atoms with Crippen LogP contribution in [0.1, 0.15) is 32.3 Å². The number of allylic oxidation sites excluding steroid dienone is 1. The van der Waals surface area contributed by atoms with Crippen LogP contribution in [0.25, 0.3) is 6.08 Å². The lowest BCUT2D eigenvalue weighted by Gasteiger charge is -2.31. The third-order valence-electron chi connectivity index (χ3n) is 4.34. The molecule has 0 unspecified atom stereocenters. The zero-order valence-corrected chi connectivity index (χ0v) is 15.5. The van der Waals surface area contributed by atoms with E-state index in [1.807, 2.05) is 44.2 Å². The van der Waals surface area contributed by atoms with E-state index in [0.717, 1.165) is 49.5 Å². The number of likely N-dealkylation sites (tertiary alicyclic amines) is 1. The first-order chi connectivity index (χ1) is 12.2. The summed E-state index contributed by atoms with van der Waals surface area (Å²) in [5.74, 6) is 1.39. The molecule has 2 rings (SSSR count). The minimum absolute atomic E-state index is 0.0108. The lowest BCUT2D eigenvalue weighted by molar-refractivity contribution is -0.150. The van der Waals surface area contributed by atoms with Crippen molar-refractivity contribution in [2.75, 3.05) is 40.0 Å². The van der Waals surface area contributed by atoms with Crippen LogP contribution in [-0.4, -0.2) is 50.8 Å². The predicted molar refractivity (Wildman–Crippen MR) is 99.0 cm³/mol. The summed E-state index contributed by atoms with van der Waals surface area (Å²) in [7, 11) is 1.65. The Morgan fingerprint density at radius 1 is 1.36 bits per heavy atom. The van der Waals surface area contributed by atoms with Crippen molar-refractivity contribution >= 4 is 12.0 Å². The van der Waals surface area contributed by atoms with Gasteiger partial charge in [-0.05, 0) is 50.9 Å². The number of hydrogen-bond donors (Lipinski definition) is 0. The van der Waals surface area contributed by atoms with Gasteiger partial charge in [-0.25, -0.2) is 0 Å². The van der Waals surface area contributed by atoms with Gasteiger partial charge in [-0.3, -0.25) is 9.69 Å². The Bertz CT molecular complexity index is 585. The van der Waals surface area contributed by atoms with Gasteiger partial charge in [-0.2, -0.15) is 0 Å². The first kappa shape index (κ1) is 19.3. The fraction of sp³-hybridized carbons (Fsp3) is 0.550. The second-order valence-electron chi connectivity index (χ2n) is 6.15. The van der Waals surface area contributed by atoms with Gasteiger partial charge in [-0.15, -0.1) is 0 Å². The monoisotopic (exact) mass is 347 g/mol. The molecule has 0 spiro atoms. The first-order valence-corrected chi connectivity index (χ1v) is 9.00. The maximum atomic E-state index is 11.9. The van der Waals surface area contributed by atoms with Crippen molar-refractivity contribution in [2.45, 2.75) is 26.7 Å². The Morgan fingerprint density at radius 2 is 2.20 bits per heavy atom. The van der Waals surface area contributed by atoms with E-state index in [1.54, 1.807) is 7.11 Å². The summed E-state index contributed by atoms with van der Waals surface area (Å²) in [5, 5.41) is 0. The number of esters is 1. The molecule has 138 valence electrons. The molecule has 0 radical (unpaired) electrons. The van der Waals surface area contributed by atoms with Gasteiger partial charge in [0.05, 0.1) is 19.6 Å². The van der Waals surface area contributed by atoms with Crippen molar-refractivity contribution in [3.8, 4) is 11.5 Å². The van der Waals surface area contributed by atoms with E-state index in [1.165, 1.54) is 0 Å². The molecule has 1 aliphatic rings. The number of rotatable bonds is 8. The Morgan fingerprint density at radius 3 is 2.92 bits per heavy atom. The molecule has 25 heavy (non-hydrogen) atoms. The van der Waals surface area contributed by atoms with Gasteiger partial charge in [0.25, 0.3) is 0 Å². The summed E-state index contributed by atoms with van der Waals surface area (Å²) in [6, 6.07) is 5.91. The summed E-state index contributed by atoms with van der Waals surface area (Å²) in [6.07, 6.45) is 5.95. The quantitative estimate of drug-likeness (QED) is 0.675. The zero-order valence-electron chi connectivity index (χ0n) is 15.5. The predicted octanol–water partition coefficient (Wildman–Crippen LogP) is 3.38. The van der Waals surface area contributed by atoms with Crippen LogP contribution in [0.15, 0.2) is 24.3 Å². The molecule has 1 saturated heterocycles. The molecule has 0 aliphatic carbocycles. The third kappa shape index (κ3) is 5.78. The van der Waals surface area contributed by atoms with Crippen LogP contribution < -0.4 is 9.47 Å². The van der Waals surface area contributed by atoms with E-state index in [9.17, 15) is 4.79 Å². The van der Waals surface area contributed by atoms with Gasteiger partial charge >= 0.3 is 5.97 Å². The third-order valence-corrected chi connectivity index (χ3v) is 4.34. The van der Waals surface area contributed by atoms with Crippen LogP contribution in [0.3, 0.4) is 0 Å². The van der Waals surface area contributed by atoms with Gasteiger partial charge in [-0.1, -0.05) is 18.2 Å². The number of piperidine rings is 1. The van der Waals surface area contributed by atoms with Gasteiger partial charge in [0.1, 0.15) is 6.61 Å². The van der Waals surface area contributed by atoms with Crippen molar-refractivity contribution in [3.63, 3.8) is 0 Å². The SMILES string of the molecule is C/C=C\c1ccc(OCCN2CCC[C@H](C(=O)OCC)C2)c(OC)c1. The normalized spacial score (nSPS) is 18.3. The lowest BCUT2D eigenvalue weighted by atomic mass is 9.98. The fourth-order valence-corrected chi connectivity index (χ4v) is 3.10. The van der Waals surface area contributed by atoms with Gasteiger partial charge in [0.15, 0.2) is 11.5 Å². The van der Waals surface area contributed by atoms with Crippen molar-refractivity contribution in [1.29, 1.82) is 0 Å². The average Bonchev–Trinajstić information content (AvgIpc) is 2.63. The second-order valence-corrected chi connectivity index (χ2v) is 6.15. The molecule has 1 aliphatic heterocycles. The molecule has 0 aromatic heterocycles. The number of methoxy groups -OCH3 is 1. The second kappa shape index (κ2) is 10.1. The Labute approximate surface area is 150 Å². The number of benzene rings is 1. The Kier molecular flexibility index (Phi) is 7.79. The number of carbonyl (C=O) groups is 1. The summed E-state index contributed by atoms with van der Waals surface area (Å²) in [6.45, 7) is 7.38. The number of nitrogens with zero attached hydrogens (tertiary/aromatic N) is 1. The highest BCUT2D eigenvalue weighted by molar-refractivity contribution is 5.72. The van der Waals surface area contributed by atoms with Crippen LogP contribution in [0.5, 0.6) is 11.5 Å². The Balaban J connectivity index is 1.84. The molecule has 1 aromatic carbocycles. The molecule has 1 aromatic rings. The summed E-state index contributed by atoms with van der Waals surface area (Å²) >= 11 is 0. The molecule has 0 saturated carbocycles. The van der Waals surface area contributed by atoms with E-state index >= 15 is 0 Å². The van der Waals surface area contributed by atoms with E-state index in [2.05, 4.69) is 4.90 Å². The molecule has 1 atom stereocenters. The molecule has 1 fully saturated rings.